The number of aromatic nitrogens is 1. The number of benzene rings is 1. The number of hydrogen-bond donors (Lipinski definition) is 4. The van der Waals surface area contributed by atoms with Gasteiger partial charge in [-0.05, 0) is 18.1 Å². The molecule has 2 aromatic rings. The molecule has 1 aromatic heterocycles. The first-order valence-corrected chi connectivity index (χ1v) is 9.32. The van der Waals surface area contributed by atoms with E-state index in [-0.39, 0.29) is 23.3 Å². The van der Waals surface area contributed by atoms with Crippen molar-refractivity contribution in [2.75, 3.05) is 5.32 Å². The molecule has 27 heavy (non-hydrogen) atoms. The van der Waals surface area contributed by atoms with E-state index >= 15 is 0 Å². The van der Waals surface area contributed by atoms with E-state index in [4.69, 9.17) is 17.5 Å². The molecule has 1 aromatic carbocycles. The van der Waals surface area contributed by atoms with E-state index in [0.717, 1.165) is 0 Å². The molecule has 9 nitrogen and oxygen atoms in total. The number of carboxylic acids is 1. The van der Waals surface area contributed by atoms with Crippen LogP contribution < -0.4 is 15.8 Å². The number of aliphatic carboxylic acids is 1. The molecule has 12 heteroatoms. The molecule has 0 radical (unpaired) electrons. The highest BCUT2D eigenvalue weighted by Gasteiger charge is 2.28. The zero-order chi connectivity index (χ0) is 19.5. The Balaban J connectivity index is 0.00000364. The normalized spacial score (nSPS) is 13.3. The molecule has 1 heterocycles. The van der Waals surface area contributed by atoms with Gasteiger partial charge >= 0.3 is 5.97 Å². The molecule has 1 atom stereocenters. The van der Waals surface area contributed by atoms with E-state index in [0.29, 0.717) is 16.5 Å². The van der Waals surface area contributed by atoms with Gasteiger partial charge < -0.3 is 16.2 Å². The maximum Gasteiger partial charge on any atom is 0.322 e. The van der Waals surface area contributed by atoms with Crippen molar-refractivity contribution in [3.8, 4) is 0 Å². The van der Waals surface area contributed by atoms with Crippen LogP contribution in [0.2, 0.25) is 0 Å². The maximum atomic E-state index is 12.5. The molecular weight excluding hydrogens is 417 g/mol. The number of anilines is 1. The first kappa shape index (κ1) is 22.9. The second-order valence-electron chi connectivity index (χ2n) is 5.85. The van der Waals surface area contributed by atoms with Crippen molar-refractivity contribution in [1.82, 2.24) is 9.71 Å². The number of halogens is 2. The van der Waals surface area contributed by atoms with Crippen LogP contribution in [-0.2, 0) is 14.8 Å². The minimum absolute atomic E-state index is 0. The molecule has 0 fully saturated rings. The molecule has 5 N–H and O–H groups in total. The van der Waals surface area contributed by atoms with E-state index in [1.807, 2.05) is 0 Å². The van der Waals surface area contributed by atoms with Gasteiger partial charge in [0.25, 0.3) is 0 Å². The third kappa shape index (κ3) is 5.42. The largest absolute Gasteiger partial charge is 0.480 e. The van der Waals surface area contributed by atoms with Crippen LogP contribution in [0.5, 0.6) is 0 Å². The number of hydrogen-bond acceptors (Lipinski definition) is 5. The third-order valence-electron chi connectivity index (χ3n) is 3.61. The Bertz CT molecular complexity index is 966. The Labute approximate surface area is 167 Å². The summed E-state index contributed by atoms with van der Waals surface area (Å²) < 4.78 is 30.6. The van der Waals surface area contributed by atoms with E-state index in [1.54, 1.807) is 19.9 Å². The minimum atomic E-state index is -4.03. The van der Waals surface area contributed by atoms with Crippen molar-refractivity contribution in [2.45, 2.75) is 24.8 Å². The Morgan fingerprint density at radius 2 is 2.00 bits per heavy atom. The highest BCUT2D eigenvalue weighted by atomic mass is 35.5. The fraction of sp³-hybridized carbons (Fsp3) is 0.267. The van der Waals surface area contributed by atoms with Crippen molar-refractivity contribution in [2.24, 2.45) is 16.2 Å². The highest BCUT2D eigenvalue weighted by Crippen LogP contribution is 2.25. The third-order valence-corrected chi connectivity index (χ3v) is 5.23. The van der Waals surface area contributed by atoms with Gasteiger partial charge in [-0.2, -0.15) is 4.72 Å². The Morgan fingerprint density at radius 1 is 1.33 bits per heavy atom. The summed E-state index contributed by atoms with van der Waals surface area (Å²) >= 11 is 5.28. The molecule has 0 amide bonds. The number of nitrogens with two attached hydrogens (primary N) is 1. The number of rotatable bonds is 6. The highest BCUT2D eigenvalue weighted by molar-refractivity contribution is 7.89. The van der Waals surface area contributed by atoms with Crippen LogP contribution in [0.3, 0.4) is 0 Å². The smallest absolute Gasteiger partial charge is 0.322 e. The SMILES string of the molecule is CC(C)[C@@H](NS(=O)(=O)c1ccc2c(NC(N)=NCl)cncc2c1)C(=O)O.Cl. The molecule has 0 saturated carbocycles. The van der Waals surface area contributed by atoms with Gasteiger partial charge in [0.1, 0.15) is 6.04 Å². The number of fused-ring (bicyclic) bond motifs is 1. The average Bonchev–Trinajstić information content (AvgIpc) is 2.58. The van der Waals surface area contributed by atoms with Gasteiger partial charge in [0.15, 0.2) is 0 Å². The number of guanidine groups is 1. The van der Waals surface area contributed by atoms with Crippen molar-refractivity contribution in [3.63, 3.8) is 0 Å². The number of carbonyl (C=O) groups is 1. The van der Waals surface area contributed by atoms with E-state index in [9.17, 15) is 18.3 Å². The molecule has 0 spiro atoms. The summed E-state index contributed by atoms with van der Waals surface area (Å²) in [4.78, 5) is 15.2. The van der Waals surface area contributed by atoms with Crippen LogP contribution in [0.15, 0.2) is 40.0 Å². The number of nitrogens with one attached hydrogen (secondary N) is 2. The van der Waals surface area contributed by atoms with Gasteiger partial charge in [-0.1, -0.05) is 19.9 Å². The van der Waals surface area contributed by atoms with Crippen LogP contribution in [-0.4, -0.2) is 36.5 Å². The molecule has 0 aliphatic carbocycles. The lowest BCUT2D eigenvalue weighted by atomic mass is 10.1. The second kappa shape index (κ2) is 9.18. The van der Waals surface area contributed by atoms with Crippen LogP contribution >= 0.6 is 24.2 Å². The van der Waals surface area contributed by atoms with Crippen molar-refractivity contribution in [1.29, 1.82) is 0 Å². The average molecular weight is 436 g/mol. The first-order chi connectivity index (χ1) is 12.2. The maximum absolute atomic E-state index is 12.5. The summed E-state index contributed by atoms with van der Waals surface area (Å²) in [5, 5.41) is 13.1. The number of carboxylic acid groups (broad SMARTS) is 1. The second-order valence-corrected chi connectivity index (χ2v) is 7.73. The van der Waals surface area contributed by atoms with E-state index in [2.05, 4.69) is 19.5 Å². The Kier molecular flexibility index (Phi) is 7.78. The van der Waals surface area contributed by atoms with Crippen LogP contribution in [0.1, 0.15) is 13.8 Å². The van der Waals surface area contributed by atoms with Gasteiger partial charge in [-0.3, -0.25) is 9.78 Å². The number of pyridine rings is 1. The molecule has 2 rings (SSSR count). The molecule has 0 bridgehead atoms. The summed E-state index contributed by atoms with van der Waals surface area (Å²) in [5.74, 6) is -1.70. The summed E-state index contributed by atoms with van der Waals surface area (Å²) in [6, 6.07) is 3.08. The van der Waals surface area contributed by atoms with Crippen molar-refractivity contribution in [3.05, 3.63) is 30.6 Å². The van der Waals surface area contributed by atoms with Gasteiger partial charge in [-0.25, -0.2) is 8.42 Å². The summed E-state index contributed by atoms with van der Waals surface area (Å²) in [6.45, 7) is 3.23. The molecule has 148 valence electrons. The fourth-order valence-electron chi connectivity index (χ4n) is 2.29. The van der Waals surface area contributed by atoms with Gasteiger partial charge in [-0.15, -0.1) is 16.9 Å². The topological polar surface area (TPSA) is 147 Å². The standard InChI is InChI=1S/C15H18ClN5O4S.ClH/c1-8(2)13(14(22)23)21-26(24,25)10-3-4-11-9(5-10)6-18-7-12(11)19-15(17)20-16;/h3-8,13,21H,1-2H3,(H,22,23)(H3,17,19,20);1H/t13-;/m1./s1. The van der Waals surface area contributed by atoms with Crippen LogP contribution in [0.25, 0.3) is 10.8 Å². The monoisotopic (exact) mass is 435 g/mol. The quantitative estimate of drug-likeness (QED) is 0.400. The fourth-order valence-corrected chi connectivity index (χ4v) is 3.70. The zero-order valence-corrected chi connectivity index (χ0v) is 16.8. The van der Waals surface area contributed by atoms with Gasteiger partial charge in [0.05, 0.1) is 16.8 Å². The number of sulfonamides is 1. The van der Waals surface area contributed by atoms with Gasteiger partial charge in [0, 0.05) is 28.7 Å². The van der Waals surface area contributed by atoms with Crippen LogP contribution in [0.4, 0.5) is 5.69 Å². The van der Waals surface area contributed by atoms with Crippen molar-refractivity contribution >= 4 is 62.6 Å². The Hall–Kier alpha value is -2.14. The summed E-state index contributed by atoms with van der Waals surface area (Å²) in [5.41, 5.74) is 6.02. The van der Waals surface area contributed by atoms with Gasteiger partial charge in [0.2, 0.25) is 16.0 Å². The molecule has 0 unspecified atom stereocenters. The molecule has 0 aliphatic rings. The molecular formula is C15H19Cl2N5O4S. The molecule has 0 aliphatic heterocycles. The predicted molar refractivity (Wildman–Crippen MR) is 107 cm³/mol. The summed E-state index contributed by atoms with van der Waals surface area (Å²) in [6.07, 6.45) is 2.97. The number of nitrogens with zero attached hydrogens (tertiary/aromatic N) is 2. The van der Waals surface area contributed by atoms with E-state index in [1.165, 1.54) is 24.5 Å². The van der Waals surface area contributed by atoms with Crippen molar-refractivity contribution < 1.29 is 18.3 Å². The zero-order valence-electron chi connectivity index (χ0n) is 14.4. The lowest BCUT2D eigenvalue weighted by Crippen LogP contribution is -2.44. The minimum Gasteiger partial charge on any atom is -0.480 e. The van der Waals surface area contributed by atoms with E-state index < -0.39 is 28.0 Å². The summed E-state index contributed by atoms with van der Waals surface area (Å²) in [7, 11) is -4.03. The molecule has 0 saturated heterocycles. The van der Waals surface area contributed by atoms with Crippen LogP contribution in [0, 0.1) is 5.92 Å². The lowest BCUT2D eigenvalue weighted by Gasteiger charge is -2.18. The Morgan fingerprint density at radius 3 is 2.56 bits per heavy atom. The lowest BCUT2D eigenvalue weighted by molar-refractivity contribution is -0.140. The predicted octanol–water partition coefficient (Wildman–Crippen LogP) is 1.92. The first-order valence-electron chi connectivity index (χ1n) is 7.50.